The second kappa shape index (κ2) is 5.03. The van der Waals surface area contributed by atoms with Gasteiger partial charge in [-0.3, -0.25) is 0 Å². The van der Waals surface area contributed by atoms with Crippen molar-refractivity contribution < 1.29 is 0 Å². The van der Waals surface area contributed by atoms with Crippen LogP contribution in [0.25, 0.3) is 0 Å². The third-order valence-electron chi connectivity index (χ3n) is 6.22. The summed E-state index contributed by atoms with van der Waals surface area (Å²) in [7, 11) is 2.13. The molecule has 1 nitrogen and oxygen atoms in total. The van der Waals surface area contributed by atoms with Crippen LogP contribution in [0.4, 0.5) is 0 Å². The van der Waals surface area contributed by atoms with E-state index in [4.69, 9.17) is 11.6 Å². The summed E-state index contributed by atoms with van der Waals surface area (Å²) in [4.78, 5) is 0. The Balaban J connectivity index is 1.63. The molecule has 0 saturated heterocycles. The molecule has 1 aromatic carbocycles. The van der Waals surface area contributed by atoms with Crippen LogP contribution in [0.2, 0.25) is 5.02 Å². The summed E-state index contributed by atoms with van der Waals surface area (Å²) in [5.74, 6) is 4.86. The van der Waals surface area contributed by atoms with Crippen LogP contribution >= 0.6 is 11.6 Å². The van der Waals surface area contributed by atoms with Crippen molar-refractivity contribution in [3.8, 4) is 0 Å². The van der Waals surface area contributed by atoms with Crippen LogP contribution < -0.4 is 5.32 Å². The summed E-state index contributed by atoms with van der Waals surface area (Å²) in [5.41, 5.74) is 1.43. The minimum atomic E-state index is 0.516. The maximum atomic E-state index is 6.05. The van der Waals surface area contributed by atoms with Gasteiger partial charge in [0.2, 0.25) is 0 Å². The maximum Gasteiger partial charge on any atom is 0.0406 e. The second-order valence-corrected chi connectivity index (χ2v) is 7.76. The molecule has 0 spiro atoms. The summed E-state index contributed by atoms with van der Waals surface area (Å²) in [5, 5.41) is 4.46. The Kier molecular flexibility index (Phi) is 3.31. The van der Waals surface area contributed by atoms with E-state index in [1.165, 1.54) is 37.7 Å². The van der Waals surface area contributed by atoms with Gasteiger partial charge in [-0.25, -0.2) is 0 Å². The molecule has 0 aromatic heterocycles. The van der Waals surface area contributed by atoms with Crippen LogP contribution in [-0.2, 0) is 0 Å². The van der Waals surface area contributed by atoms with E-state index >= 15 is 0 Å². The lowest BCUT2D eigenvalue weighted by atomic mass is 9.50. The third-order valence-corrected chi connectivity index (χ3v) is 6.48. The van der Waals surface area contributed by atoms with Gasteiger partial charge in [-0.2, -0.15) is 0 Å². The molecule has 2 heteroatoms. The van der Waals surface area contributed by atoms with E-state index in [0.29, 0.717) is 6.04 Å². The summed E-state index contributed by atoms with van der Waals surface area (Å²) in [6.07, 6.45) is 7.49. The first-order chi connectivity index (χ1) is 9.74. The van der Waals surface area contributed by atoms with E-state index in [0.717, 1.165) is 34.6 Å². The van der Waals surface area contributed by atoms with Crippen LogP contribution in [-0.4, -0.2) is 7.05 Å². The number of benzene rings is 1. The lowest BCUT2D eigenvalue weighted by Gasteiger charge is -2.56. The first kappa shape index (κ1) is 13.2. The zero-order valence-electron chi connectivity index (χ0n) is 12.2. The molecule has 1 unspecified atom stereocenters. The van der Waals surface area contributed by atoms with Crippen molar-refractivity contribution in [2.75, 3.05) is 7.05 Å². The van der Waals surface area contributed by atoms with Gasteiger partial charge in [-0.15, -0.1) is 0 Å². The molecule has 1 atom stereocenters. The van der Waals surface area contributed by atoms with E-state index in [-0.39, 0.29) is 0 Å². The van der Waals surface area contributed by atoms with Gasteiger partial charge in [0, 0.05) is 11.1 Å². The highest BCUT2D eigenvalue weighted by Gasteiger charge is 2.50. The predicted octanol–water partition coefficient (Wildman–Crippen LogP) is 4.67. The van der Waals surface area contributed by atoms with Crippen molar-refractivity contribution in [2.24, 2.45) is 29.6 Å². The van der Waals surface area contributed by atoms with Crippen molar-refractivity contribution in [1.82, 2.24) is 5.32 Å². The summed E-state index contributed by atoms with van der Waals surface area (Å²) in [6, 6.07) is 9.03. The Labute approximate surface area is 127 Å². The van der Waals surface area contributed by atoms with Gasteiger partial charge < -0.3 is 5.32 Å². The number of halogens is 1. The molecule has 4 bridgehead atoms. The molecule has 4 fully saturated rings. The topological polar surface area (TPSA) is 12.0 Å². The molecule has 20 heavy (non-hydrogen) atoms. The van der Waals surface area contributed by atoms with Gasteiger partial charge in [0.05, 0.1) is 0 Å². The van der Waals surface area contributed by atoms with Crippen molar-refractivity contribution >= 4 is 11.6 Å². The summed E-state index contributed by atoms with van der Waals surface area (Å²) >= 11 is 6.05. The average Bonchev–Trinajstić information content (AvgIpc) is 2.43. The van der Waals surface area contributed by atoms with Crippen LogP contribution in [0, 0.1) is 29.6 Å². The number of rotatable bonds is 3. The molecular weight excluding hydrogens is 266 g/mol. The van der Waals surface area contributed by atoms with Gasteiger partial charge in [0.1, 0.15) is 0 Å². The highest BCUT2D eigenvalue weighted by molar-refractivity contribution is 6.30. The molecule has 0 radical (unpaired) electrons. The predicted molar refractivity (Wildman–Crippen MR) is 83.8 cm³/mol. The molecule has 5 rings (SSSR count). The van der Waals surface area contributed by atoms with E-state index in [9.17, 15) is 0 Å². The molecule has 4 aliphatic carbocycles. The van der Waals surface area contributed by atoms with Crippen LogP contribution in [0.15, 0.2) is 24.3 Å². The van der Waals surface area contributed by atoms with Crippen LogP contribution in [0.5, 0.6) is 0 Å². The largest absolute Gasteiger partial charge is 0.313 e. The van der Waals surface area contributed by atoms with E-state index < -0.39 is 0 Å². The SMILES string of the molecule is CNC(c1ccc(Cl)cc1)C1C2CC3CC(C2)CC1C3. The summed E-state index contributed by atoms with van der Waals surface area (Å²) < 4.78 is 0. The molecule has 1 aromatic rings. The Morgan fingerprint density at radius 2 is 1.50 bits per heavy atom. The van der Waals surface area contributed by atoms with Gasteiger partial charge in [-0.05, 0) is 86.4 Å². The van der Waals surface area contributed by atoms with Gasteiger partial charge >= 0.3 is 0 Å². The Morgan fingerprint density at radius 3 is 2.00 bits per heavy atom. The molecule has 0 aliphatic heterocycles. The van der Waals surface area contributed by atoms with Crippen molar-refractivity contribution in [3.05, 3.63) is 34.9 Å². The zero-order chi connectivity index (χ0) is 13.7. The molecule has 0 heterocycles. The fraction of sp³-hybridized carbons (Fsp3) is 0.667. The minimum Gasteiger partial charge on any atom is -0.313 e. The first-order valence-corrected chi connectivity index (χ1v) is 8.55. The zero-order valence-corrected chi connectivity index (χ0v) is 12.9. The molecular formula is C18H24ClN. The fourth-order valence-electron chi connectivity index (χ4n) is 5.76. The second-order valence-electron chi connectivity index (χ2n) is 7.33. The van der Waals surface area contributed by atoms with Crippen LogP contribution in [0.3, 0.4) is 0 Å². The average molecular weight is 290 g/mol. The van der Waals surface area contributed by atoms with Crippen LogP contribution in [0.1, 0.15) is 43.7 Å². The monoisotopic (exact) mass is 289 g/mol. The molecule has 0 amide bonds. The Morgan fingerprint density at radius 1 is 0.950 bits per heavy atom. The fourth-order valence-corrected chi connectivity index (χ4v) is 5.89. The number of hydrogen-bond donors (Lipinski definition) is 1. The Bertz CT molecular complexity index is 453. The van der Waals surface area contributed by atoms with Gasteiger partial charge in [0.25, 0.3) is 0 Å². The van der Waals surface area contributed by atoms with Crippen molar-refractivity contribution in [1.29, 1.82) is 0 Å². The molecule has 4 saturated carbocycles. The lowest BCUT2D eigenvalue weighted by molar-refractivity contribution is -0.0515. The van der Waals surface area contributed by atoms with E-state index in [1.54, 1.807) is 0 Å². The number of hydrogen-bond acceptors (Lipinski definition) is 1. The third kappa shape index (κ3) is 2.10. The minimum absolute atomic E-state index is 0.516. The molecule has 1 N–H and O–H groups in total. The highest BCUT2D eigenvalue weighted by Crippen LogP contribution is 2.59. The van der Waals surface area contributed by atoms with Gasteiger partial charge in [0.15, 0.2) is 0 Å². The van der Waals surface area contributed by atoms with E-state index in [1.807, 2.05) is 12.1 Å². The first-order valence-electron chi connectivity index (χ1n) is 8.17. The normalized spacial score (nSPS) is 40.0. The maximum absolute atomic E-state index is 6.05. The Hall–Kier alpha value is -0.530. The van der Waals surface area contributed by atoms with Crippen molar-refractivity contribution in [3.63, 3.8) is 0 Å². The van der Waals surface area contributed by atoms with E-state index in [2.05, 4.69) is 24.5 Å². The standard InChI is InChI=1S/C18H24ClN/c1-20-18(13-2-4-16(19)5-3-13)17-14-7-11-6-12(9-14)10-15(17)8-11/h2-5,11-12,14-15,17-18,20H,6-10H2,1H3. The molecule has 4 aliphatic rings. The highest BCUT2D eigenvalue weighted by atomic mass is 35.5. The van der Waals surface area contributed by atoms with Crippen molar-refractivity contribution in [2.45, 2.75) is 38.1 Å². The summed E-state index contributed by atoms with van der Waals surface area (Å²) in [6.45, 7) is 0. The lowest BCUT2D eigenvalue weighted by Crippen LogP contribution is -2.49. The number of nitrogens with one attached hydrogen (secondary N) is 1. The molecule has 108 valence electrons. The smallest absolute Gasteiger partial charge is 0.0406 e. The van der Waals surface area contributed by atoms with Gasteiger partial charge in [-0.1, -0.05) is 23.7 Å². The quantitative estimate of drug-likeness (QED) is 0.852.